The van der Waals surface area contributed by atoms with Crippen molar-refractivity contribution in [3.63, 3.8) is 0 Å². The fourth-order valence-corrected chi connectivity index (χ4v) is 2.78. The standard InChI is InChI=1S/C18H13Cl2FN2O/c19-9-17(24)23(11-13-5-3-6-15(20)18(13)21)14-8-12-4-1-2-7-16(12)22-10-14/h1-8,10H,9,11H2. The van der Waals surface area contributed by atoms with Gasteiger partial charge in [0.1, 0.15) is 11.7 Å². The number of benzene rings is 2. The van der Waals surface area contributed by atoms with E-state index >= 15 is 0 Å². The molecule has 0 N–H and O–H groups in total. The lowest BCUT2D eigenvalue weighted by molar-refractivity contribution is -0.116. The van der Waals surface area contributed by atoms with Gasteiger partial charge in [0.15, 0.2) is 0 Å². The fraction of sp³-hybridized carbons (Fsp3) is 0.111. The summed E-state index contributed by atoms with van der Waals surface area (Å²) in [4.78, 5) is 18.0. The van der Waals surface area contributed by atoms with Crippen LogP contribution in [0.2, 0.25) is 5.02 Å². The third-order valence-electron chi connectivity index (χ3n) is 3.66. The number of rotatable bonds is 4. The summed E-state index contributed by atoms with van der Waals surface area (Å²) in [5.74, 6) is -1.09. The van der Waals surface area contributed by atoms with Crippen molar-refractivity contribution in [3.8, 4) is 0 Å². The molecule has 24 heavy (non-hydrogen) atoms. The van der Waals surface area contributed by atoms with Gasteiger partial charge in [-0.15, -0.1) is 11.6 Å². The molecule has 0 saturated carbocycles. The van der Waals surface area contributed by atoms with E-state index in [4.69, 9.17) is 23.2 Å². The maximum atomic E-state index is 14.2. The van der Waals surface area contributed by atoms with Crippen LogP contribution in [0, 0.1) is 5.82 Å². The second kappa shape index (κ2) is 7.16. The molecule has 0 aliphatic rings. The number of halogens is 3. The zero-order chi connectivity index (χ0) is 17.1. The van der Waals surface area contributed by atoms with Crippen molar-refractivity contribution in [2.45, 2.75) is 6.54 Å². The minimum absolute atomic E-state index is 0.0161. The first-order chi connectivity index (χ1) is 11.6. The third-order valence-corrected chi connectivity index (χ3v) is 4.18. The average molecular weight is 363 g/mol. The number of aromatic nitrogens is 1. The molecule has 0 bridgehead atoms. The van der Waals surface area contributed by atoms with Crippen molar-refractivity contribution in [1.29, 1.82) is 0 Å². The normalized spacial score (nSPS) is 10.8. The van der Waals surface area contributed by atoms with Gasteiger partial charge in [-0.05, 0) is 18.2 Å². The second-order valence-corrected chi connectivity index (χ2v) is 5.89. The van der Waals surface area contributed by atoms with Crippen molar-refractivity contribution in [2.24, 2.45) is 0 Å². The van der Waals surface area contributed by atoms with Crippen LogP contribution in [-0.2, 0) is 11.3 Å². The molecule has 6 heteroatoms. The Kier molecular flexibility index (Phi) is 4.97. The van der Waals surface area contributed by atoms with Gasteiger partial charge in [0.05, 0.1) is 29.0 Å². The number of anilines is 1. The minimum Gasteiger partial charge on any atom is -0.305 e. The van der Waals surface area contributed by atoms with Gasteiger partial charge >= 0.3 is 0 Å². The average Bonchev–Trinajstić information content (AvgIpc) is 2.62. The van der Waals surface area contributed by atoms with Gasteiger partial charge in [0, 0.05) is 10.9 Å². The summed E-state index contributed by atoms with van der Waals surface area (Å²) in [5, 5.41) is 0.899. The van der Waals surface area contributed by atoms with E-state index in [0.717, 1.165) is 10.9 Å². The Morgan fingerprint density at radius 3 is 2.75 bits per heavy atom. The van der Waals surface area contributed by atoms with Crippen LogP contribution >= 0.6 is 23.2 Å². The van der Waals surface area contributed by atoms with Crippen molar-refractivity contribution < 1.29 is 9.18 Å². The molecule has 3 rings (SSSR count). The molecule has 0 aliphatic heterocycles. The van der Waals surface area contributed by atoms with Gasteiger partial charge in [-0.25, -0.2) is 4.39 Å². The summed E-state index contributed by atoms with van der Waals surface area (Å²) in [7, 11) is 0. The smallest absolute Gasteiger partial charge is 0.242 e. The number of fused-ring (bicyclic) bond motifs is 1. The summed E-state index contributed by atoms with van der Waals surface area (Å²) in [6, 6.07) is 14.1. The highest BCUT2D eigenvalue weighted by molar-refractivity contribution is 6.31. The van der Waals surface area contributed by atoms with Crippen LogP contribution in [-0.4, -0.2) is 16.8 Å². The lowest BCUT2D eigenvalue weighted by Crippen LogP contribution is -2.31. The third kappa shape index (κ3) is 3.35. The molecule has 0 fully saturated rings. The van der Waals surface area contributed by atoms with E-state index in [2.05, 4.69) is 4.98 Å². The lowest BCUT2D eigenvalue weighted by atomic mass is 10.1. The maximum Gasteiger partial charge on any atom is 0.242 e. The van der Waals surface area contributed by atoms with Gasteiger partial charge in [-0.2, -0.15) is 0 Å². The van der Waals surface area contributed by atoms with Gasteiger partial charge in [0.2, 0.25) is 5.91 Å². The van der Waals surface area contributed by atoms with E-state index in [-0.39, 0.29) is 23.4 Å². The van der Waals surface area contributed by atoms with Crippen LogP contribution in [0.4, 0.5) is 10.1 Å². The molecule has 0 unspecified atom stereocenters. The number of carbonyl (C=O) groups is 1. The largest absolute Gasteiger partial charge is 0.305 e. The van der Waals surface area contributed by atoms with Crippen molar-refractivity contribution in [3.05, 3.63) is 71.1 Å². The van der Waals surface area contributed by atoms with Crippen molar-refractivity contribution in [2.75, 3.05) is 10.8 Å². The maximum absolute atomic E-state index is 14.2. The molecule has 122 valence electrons. The molecule has 0 spiro atoms. The summed E-state index contributed by atoms with van der Waals surface area (Å²) in [6.45, 7) is 0.0258. The van der Waals surface area contributed by atoms with E-state index < -0.39 is 5.82 Å². The minimum atomic E-state index is -0.541. The molecule has 0 aliphatic carbocycles. The van der Waals surface area contributed by atoms with Gasteiger partial charge in [-0.1, -0.05) is 41.9 Å². The Morgan fingerprint density at radius 1 is 1.17 bits per heavy atom. The number of hydrogen-bond acceptors (Lipinski definition) is 2. The topological polar surface area (TPSA) is 33.2 Å². The van der Waals surface area contributed by atoms with Crippen LogP contribution in [0.15, 0.2) is 54.7 Å². The first kappa shape index (κ1) is 16.7. The fourth-order valence-electron chi connectivity index (χ4n) is 2.44. The molecule has 3 nitrogen and oxygen atoms in total. The Balaban J connectivity index is 2.02. The Hall–Kier alpha value is -2.17. The van der Waals surface area contributed by atoms with E-state index in [1.54, 1.807) is 18.3 Å². The first-order valence-electron chi connectivity index (χ1n) is 7.24. The van der Waals surface area contributed by atoms with E-state index in [0.29, 0.717) is 11.3 Å². The number of para-hydroxylation sites is 1. The van der Waals surface area contributed by atoms with E-state index in [1.165, 1.54) is 11.0 Å². The second-order valence-electron chi connectivity index (χ2n) is 5.21. The predicted molar refractivity (Wildman–Crippen MR) is 95.1 cm³/mol. The lowest BCUT2D eigenvalue weighted by Gasteiger charge is -2.22. The van der Waals surface area contributed by atoms with E-state index in [1.807, 2.05) is 30.3 Å². The van der Waals surface area contributed by atoms with E-state index in [9.17, 15) is 9.18 Å². The molecule has 0 radical (unpaired) electrons. The molecule has 1 amide bonds. The quantitative estimate of drug-likeness (QED) is 0.624. The number of alkyl halides is 1. The van der Waals surface area contributed by atoms with Gasteiger partial charge in [0.25, 0.3) is 0 Å². The molecule has 2 aromatic carbocycles. The molecule has 0 atom stereocenters. The SMILES string of the molecule is O=C(CCl)N(Cc1cccc(Cl)c1F)c1cnc2ccccc2c1. The molecule has 0 saturated heterocycles. The Labute approximate surface area is 148 Å². The molecular weight excluding hydrogens is 350 g/mol. The highest BCUT2D eigenvalue weighted by Gasteiger charge is 2.18. The van der Waals surface area contributed by atoms with Crippen LogP contribution in [0.5, 0.6) is 0 Å². The predicted octanol–water partition coefficient (Wildman–Crippen LogP) is 4.80. The number of hydrogen-bond donors (Lipinski definition) is 0. The summed E-state index contributed by atoms with van der Waals surface area (Å²) >= 11 is 11.5. The molecular formula is C18H13Cl2FN2O. The zero-order valence-corrected chi connectivity index (χ0v) is 14.1. The summed E-state index contributed by atoms with van der Waals surface area (Å²) in [5.41, 5.74) is 1.68. The summed E-state index contributed by atoms with van der Waals surface area (Å²) in [6.07, 6.45) is 1.58. The Bertz CT molecular complexity index is 901. The van der Waals surface area contributed by atoms with Crippen molar-refractivity contribution >= 4 is 45.7 Å². The number of carbonyl (C=O) groups excluding carboxylic acids is 1. The monoisotopic (exact) mass is 362 g/mol. The van der Waals surface area contributed by atoms with Crippen LogP contribution < -0.4 is 4.90 Å². The highest BCUT2D eigenvalue weighted by Crippen LogP contribution is 2.25. The first-order valence-corrected chi connectivity index (χ1v) is 8.15. The number of amides is 1. The highest BCUT2D eigenvalue weighted by atomic mass is 35.5. The van der Waals surface area contributed by atoms with Crippen LogP contribution in [0.1, 0.15) is 5.56 Å². The summed E-state index contributed by atoms with van der Waals surface area (Å²) < 4.78 is 14.2. The van der Waals surface area contributed by atoms with Crippen LogP contribution in [0.25, 0.3) is 10.9 Å². The molecule has 1 aromatic heterocycles. The van der Waals surface area contributed by atoms with Crippen LogP contribution in [0.3, 0.4) is 0 Å². The number of pyridine rings is 1. The Morgan fingerprint density at radius 2 is 1.96 bits per heavy atom. The van der Waals surface area contributed by atoms with Gasteiger partial charge < -0.3 is 4.90 Å². The molecule has 1 heterocycles. The van der Waals surface area contributed by atoms with Gasteiger partial charge in [-0.3, -0.25) is 9.78 Å². The number of nitrogens with zero attached hydrogens (tertiary/aromatic N) is 2. The zero-order valence-electron chi connectivity index (χ0n) is 12.5. The van der Waals surface area contributed by atoms with Crippen molar-refractivity contribution in [1.82, 2.24) is 4.98 Å². The molecule has 3 aromatic rings.